The Morgan fingerprint density at radius 2 is 1.96 bits per heavy atom. The zero-order chi connectivity index (χ0) is 18.1. The van der Waals surface area contributed by atoms with Crippen molar-refractivity contribution in [2.75, 3.05) is 5.75 Å². The van der Waals surface area contributed by atoms with Gasteiger partial charge < -0.3 is 0 Å². The summed E-state index contributed by atoms with van der Waals surface area (Å²) in [5.74, 6) is 1.12. The Morgan fingerprint density at radius 3 is 2.73 bits per heavy atom. The fraction of sp³-hybridized carbons (Fsp3) is 0.158. The summed E-state index contributed by atoms with van der Waals surface area (Å²) in [4.78, 5) is 18.4. The second-order valence-electron chi connectivity index (χ2n) is 5.77. The number of hydrogen-bond donors (Lipinski definition) is 0. The molecule has 0 radical (unpaired) electrons. The lowest BCUT2D eigenvalue weighted by Gasteiger charge is -2.14. The van der Waals surface area contributed by atoms with Crippen LogP contribution in [0.4, 0.5) is 4.39 Å². The van der Waals surface area contributed by atoms with E-state index >= 15 is 0 Å². The topological polar surface area (TPSA) is 34.9 Å². The van der Waals surface area contributed by atoms with Crippen LogP contribution in [0.5, 0.6) is 0 Å². The average molecular weight is 405 g/mol. The summed E-state index contributed by atoms with van der Waals surface area (Å²) < 4.78 is 14.9. The van der Waals surface area contributed by atoms with Gasteiger partial charge in [0.25, 0.3) is 5.56 Å². The smallest absolute Gasteiger partial charge is 0.268 e. The van der Waals surface area contributed by atoms with Crippen LogP contribution in [0.1, 0.15) is 11.3 Å². The molecule has 1 aliphatic rings. The Bertz CT molecular complexity index is 1020. The molecule has 2 aromatic carbocycles. The van der Waals surface area contributed by atoms with Gasteiger partial charge >= 0.3 is 0 Å². The van der Waals surface area contributed by atoms with E-state index in [4.69, 9.17) is 16.6 Å². The zero-order valence-electron chi connectivity index (χ0n) is 13.6. The molecule has 0 unspecified atom stereocenters. The fourth-order valence-electron chi connectivity index (χ4n) is 2.76. The Hall–Kier alpha value is -1.76. The molecule has 0 atom stereocenters. The van der Waals surface area contributed by atoms with Crippen LogP contribution in [0.15, 0.2) is 63.4 Å². The van der Waals surface area contributed by atoms with Crippen molar-refractivity contribution < 1.29 is 4.39 Å². The lowest BCUT2D eigenvalue weighted by molar-refractivity contribution is 0.626. The molecule has 0 N–H and O–H groups in total. The summed E-state index contributed by atoms with van der Waals surface area (Å²) in [6, 6.07) is 13.5. The molecule has 3 nitrogen and oxygen atoms in total. The molecule has 1 aliphatic heterocycles. The molecule has 0 bridgehead atoms. The Labute approximate surface area is 163 Å². The van der Waals surface area contributed by atoms with Crippen molar-refractivity contribution in [1.82, 2.24) is 9.55 Å². The first-order valence-electron chi connectivity index (χ1n) is 8.04. The van der Waals surface area contributed by atoms with Crippen molar-refractivity contribution in [1.29, 1.82) is 0 Å². The molecule has 0 saturated heterocycles. The van der Waals surface area contributed by atoms with E-state index in [1.807, 2.05) is 24.3 Å². The molecule has 0 saturated carbocycles. The molecule has 1 aromatic heterocycles. The summed E-state index contributed by atoms with van der Waals surface area (Å²) in [6.45, 7) is 0. The number of aryl methyl sites for hydroxylation is 1. The highest BCUT2D eigenvalue weighted by Crippen LogP contribution is 2.32. The maximum Gasteiger partial charge on any atom is 0.272 e. The van der Waals surface area contributed by atoms with Gasteiger partial charge in [-0.25, -0.2) is 9.37 Å². The van der Waals surface area contributed by atoms with Crippen LogP contribution in [-0.2, 0) is 12.2 Å². The first-order valence-corrected chi connectivity index (χ1v) is 10.4. The van der Waals surface area contributed by atoms with E-state index in [9.17, 15) is 9.18 Å². The molecule has 0 amide bonds. The number of nitrogens with zero attached hydrogens (tertiary/aromatic N) is 2. The quantitative estimate of drug-likeness (QED) is 0.454. The molecule has 4 rings (SSSR count). The molecule has 0 aliphatic carbocycles. The van der Waals surface area contributed by atoms with Gasteiger partial charge in [-0.1, -0.05) is 41.6 Å². The van der Waals surface area contributed by atoms with E-state index in [2.05, 4.69) is 0 Å². The van der Waals surface area contributed by atoms with Crippen LogP contribution >= 0.6 is 35.1 Å². The van der Waals surface area contributed by atoms with Crippen LogP contribution in [0.25, 0.3) is 5.69 Å². The SMILES string of the molecule is O=c1c2c(nc(SCc3ccccc3Cl)n1-c1ccc(F)cc1)CCS2. The Kier molecular flexibility index (Phi) is 5.07. The molecular weight excluding hydrogens is 391 g/mol. The number of halogens is 2. The third-order valence-electron chi connectivity index (χ3n) is 4.07. The van der Waals surface area contributed by atoms with E-state index in [0.29, 0.717) is 26.5 Å². The van der Waals surface area contributed by atoms with Gasteiger partial charge in [0.2, 0.25) is 0 Å². The average Bonchev–Trinajstić information content (AvgIpc) is 3.11. The molecule has 132 valence electrons. The normalized spacial score (nSPS) is 13.0. The van der Waals surface area contributed by atoms with Crippen LogP contribution < -0.4 is 5.56 Å². The molecule has 26 heavy (non-hydrogen) atoms. The first kappa shape index (κ1) is 17.6. The van der Waals surface area contributed by atoms with Gasteiger partial charge in [0.15, 0.2) is 5.16 Å². The maximum atomic E-state index is 13.3. The minimum atomic E-state index is -0.337. The second kappa shape index (κ2) is 7.47. The Morgan fingerprint density at radius 1 is 1.19 bits per heavy atom. The van der Waals surface area contributed by atoms with Gasteiger partial charge in [-0.3, -0.25) is 9.36 Å². The number of aromatic nitrogens is 2. The number of hydrogen-bond acceptors (Lipinski definition) is 4. The molecule has 2 heterocycles. The third kappa shape index (κ3) is 3.41. The summed E-state index contributed by atoms with van der Waals surface area (Å²) in [5, 5.41) is 1.29. The van der Waals surface area contributed by atoms with Gasteiger partial charge in [-0.2, -0.15) is 0 Å². The van der Waals surface area contributed by atoms with E-state index in [1.54, 1.807) is 16.7 Å². The largest absolute Gasteiger partial charge is 0.272 e. The van der Waals surface area contributed by atoms with Crippen LogP contribution in [0.2, 0.25) is 5.02 Å². The van der Waals surface area contributed by atoms with Gasteiger partial charge in [-0.15, -0.1) is 11.8 Å². The van der Waals surface area contributed by atoms with Crippen LogP contribution in [0.3, 0.4) is 0 Å². The minimum absolute atomic E-state index is 0.0919. The summed E-state index contributed by atoms with van der Waals surface area (Å²) >= 11 is 9.23. The van der Waals surface area contributed by atoms with E-state index in [-0.39, 0.29) is 11.4 Å². The highest BCUT2D eigenvalue weighted by molar-refractivity contribution is 7.99. The lowest BCUT2D eigenvalue weighted by Crippen LogP contribution is -2.23. The zero-order valence-corrected chi connectivity index (χ0v) is 16.0. The number of thioether (sulfide) groups is 2. The highest BCUT2D eigenvalue weighted by atomic mass is 35.5. The lowest BCUT2D eigenvalue weighted by atomic mass is 10.2. The van der Waals surface area contributed by atoms with Crippen molar-refractivity contribution in [3.05, 3.63) is 81.0 Å². The van der Waals surface area contributed by atoms with E-state index < -0.39 is 0 Å². The van der Waals surface area contributed by atoms with Crippen molar-refractivity contribution >= 4 is 35.1 Å². The fourth-order valence-corrected chi connectivity index (χ4v) is 5.10. The Balaban J connectivity index is 1.78. The summed E-state index contributed by atoms with van der Waals surface area (Å²) in [6.07, 6.45) is 0.791. The third-order valence-corrected chi connectivity index (χ3v) is 6.53. The van der Waals surface area contributed by atoms with Crippen LogP contribution in [-0.4, -0.2) is 15.3 Å². The number of fused-ring (bicyclic) bond motifs is 1. The van der Waals surface area contributed by atoms with Gasteiger partial charge in [-0.05, 0) is 35.9 Å². The molecule has 7 heteroatoms. The monoisotopic (exact) mass is 404 g/mol. The van der Waals surface area contributed by atoms with E-state index in [0.717, 1.165) is 23.4 Å². The predicted octanol–water partition coefficient (Wildman–Crippen LogP) is 4.97. The van der Waals surface area contributed by atoms with E-state index in [1.165, 1.54) is 35.7 Å². The minimum Gasteiger partial charge on any atom is -0.268 e. The maximum absolute atomic E-state index is 13.3. The second-order valence-corrected chi connectivity index (χ2v) is 8.22. The molecule has 0 spiro atoms. The standard InChI is InChI=1S/C19H14ClFN2OS2/c20-15-4-2-1-3-12(15)11-26-19-22-16-9-10-25-17(16)18(24)23(19)14-7-5-13(21)6-8-14/h1-8H,9-11H2. The predicted molar refractivity (Wildman–Crippen MR) is 105 cm³/mol. The van der Waals surface area contributed by atoms with Crippen molar-refractivity contribution in [2.24, 2.45) is 0 Å². The van der Waals surface area contributed by atoms with Crippen LogP contribution in [0, 0.1) is 5.82 Å². The van der Waals surface area contributed by atoms with Crippen molar-refractivity contribution in [2.45, 2.75) is 22.2 Å². The highest BCUT2D eigenvalue weighted by Gasteiger charge is 2.22. The van der Waals surface area contributed by atoms with Crippen molar-refractivity contribution in [3.8, 4) is 5.69 Å². The molecule has 0 fully saturated rings. The number of benzene rings is 2. The molecular formula is C19H14ClFN2OS2. The molecule has 3 aromatic rings. The van der Waals surface area contributed by atoms with Crippen molar-refractivity contribution in [3.63, 3.8) is 0 Å². The summed E-state index contributed by atoms with van der Waals surface area (Å²) in [7, 11) is 0. The van der Waals surface area contributed by atoms with Gasteiger partial charge in [0, 0.05) is 22.9 Å². The van der Waals surface area contributed by atoms with Gasteiger partial charge in [0.05, 0.1) is 16.3 Å². The number of rotatable bonds is 4. The summed E-state index contributed by atoms with van der Waals surface area (Å²) in [5.41, 5.74) is 2.35. The first-order chi connectivity index (χ1) is 12.6. The van der Waals surface area contributed by atoms with Gasteiger partial charge in [0.1, 0.15) is 5.82 Å².